The van der Waals surface area contributed by atoms with Gasteiger partial charge >= 0.3 is 0 Å². The molecular formula is C19H26O2. The Bertz CT molecular complexity index is 567. The van der Waals surface area contributed by atoms with Crippen LogP contribution in [0.1, 0.15) is 68.9 Å². The van der Waals surface area contributed by atoms with E-state index in [4.69, 9.17) is 0 Å². The minimum absolute atomic E-state index is 0.0972. The Morgan fingerprint density at radius 3 is 2.76 bits per heavy atom. The molecule has 0 bridgehead atoms. The number of fused-ring (bicyclic) bond motifs is 5. The molecule has 1 aromatic rings. The number of phenolic OH excluding ortho intramolecular Hbond substituents is 1. The maximum atomic E-state index is 10.4. The molecule has 4 rings (SSSR count). The summed E-state index contributed by atoms with van der Waals surface area (Å²) in [6.45, 7) is 4.62. The lowest BCUT2D eigenvalue weighted by molar-refractivity contribution is -0.0245. The van der Waals surface area contributed by atoms with E-state index in [0.29, 0.717) is 29.4 Å². The van der Waals surface area contributed by atoms with Gasteiger partial charge in [-0.3, -0.25) is 0 Å². The van der Waals surface area contributed by atoms with E-state index < -0.39 is 0 Å². The highest BCUT2D eigenvalue weighted by Crippen LogP contribution is 2.62. The van der Waals surface area contributed by atoms with Crippen LogP contribution in [0, 0.1) is 17.3 Å². The van der Waals surface area contributed by atoms with Crippen molar-refractivity contribution in [1.29, 1.82) is 0 Å². The first-order valence-corrected chi connectivity index (χ1v) is 8.51. The summed E-state index contributed by atoms with van der Waals surface area (Å²) in [6.07, 6.45) is 5.64. The van der Waals surface area contributed by atoms with Gasteiger partial charge in [0.2, 0.25) is 0 Å². The first kappa shape index (κ1) is 13.6. The van der Waals surface area contributed by atoms with E-state index >= 15 is 0 Å². The Labute approximate surface area is 127 Å². The second-order valence-electron chi connectivity index (χ2n) is 7.96. The van der Waals surface area contributed by atoms with Gasteiger partial charge in [0.15, 0.2) is 0 Å². The highest BCUT2D eigenvalue weighted by Gasteiger charge is 2.54. The smallest absolute Gasteiger partial charge is 0.115 e. The van der Waals surface area contributed by atoms with E-state index in [1.165, 1.54) is 30.4 Å². The molecule has 0 spiro atoms. The largest absolute Gasteiger partial charge is 0.508 e. The molecule has 0 heterocycles. The first-order valence-electron chi connectivity index (χ1n) is 8.51. The average Bonchev–Trinajstić information content (AvgIpc) is 2.76. The van der Waals surface area contributed by atoms with Gasteiger partial charge in [-0.25, -0.2) is 0 Å². The fourth-order valence-electron chi connectivity index (χ4n) is 5.84. The van der Waals surface area contributed by atoms with Gasteiger partial charge in [-0.15, -0.1) is 0 Å². The SMILES string of the molecule is C[C@@H]1C[C@@H]2C(CC[C@]3(C)C(O)CCC23)c2ccc(O)cc21. The lowest BCUT2D eigenvalue weighted by Crippen LogP contribution is -2.44. The summed E-state index contributed by atoms with van der Waals surface area (Å²) in [6, 6.07) is 5.99. The monoisotopic (exact) mass is 286 g/mol. The summed E-state index contributed by atoms with van der Waals surface area (Å²) in [4.78, 5) is 0. The van der Waals surface area contributed by atoms with Crippen LogP contribution in [0.2, 0.25) is 0 Å². The molecule has 2 fully saturated rings. The number of aliphatic hydroxyl groups is 1. The van der Waals surface area contributed by atoms with Gasteiger partial charge in [-0.2, -0.15) is 0 Å². The molecule has 6 atom stereocenters. The zero-order valence-electron chi connectivity index (χ0n) is 13.0. The molecule has 2 N–H and O–H groups in total. The standard InChI is InChI=1S/C19H26O2/c1-11-9-16-14(13-4-3-12(20)10-15(11)13)7-8-19(2)17(16)5-6-18(19)21/h3-4,10-11,14,16-18,20-21H,5-9H2,1-2H3/t11-,14?,16-,17?,18?,19+/m1/s1. The molecule has 2 nitrogen and oxygen atoms in total. The van der Waals surface area contributed by atoms with Crippen molar-refractivity contribution in [3.05, 3.63) is 29.3 Å². The number of hydrogen-bond donors (Lipinski definition) is 2. The molecule has 0 aliphatic heterocycles. The second-order valence-corrected chi connectivity index (χ2v) is 7.96. The van der Waals surface area contributed by atoms with Crippen molar-refractivity contribution in [3.63, 3.8) is 0 Å². The average molecular weight is 286 g/mol. The fraction of sp³-hybridized carbons (Fsp3) is 0.684. The Kier molecular flexibility index (Phi) is 2.91. The Hall–Kier alpha value is -1.02. The van der Waals surface area contributed by atoms with Gasteiger partial charge in [-0.05, 0) is 84.5 Å². The molecule has 3 aliphatic carbocycles. The fourth-order valence-corrected chi connectivity index (χ4v) is 5.84. The summed E-state index contributed by atoms with van der Waals surface area (Å²) >= 11 is 0. The van der Waals surface area contributed by atoms with Gasteiger partial charge in [0, 0.05) is 0 Å². The van der Waals surface area contributed by atoms with Crippen molar-refractivity contribution in [2.24, 2.45) is 17.3 Å². The van der Waals surface area contributed by atoms with Crippen LogP contribution in [0.3, 0.4) is 0 Å². The molecule has 0 radical (unpaired) electrons. The summed E-state index contributed by atoms with van der Waals surface area (Å²) in [5.74, 6) is 2.95. The van der Waals surface area contributed by atoms with Crippen LogP contribution in [0.15, 0.2) is 18.2 Å². The third-order valence-corrected chi connectivity index (χ3v) is 7.01. The van der Waals surface area contributed by atoms with Crippen LogP contribution < -0.4 is 0 Å². The molecule has 3 unspecified atom stereocenters. The summed E-state index contributed by atoms with van der Waals surface area (Å²) < 4.78 is 0. The number of phenols is 1. The van der Waals surface area contributed by atoms with Crippen LogP contribution >= 0.6 is 0 Å². The topological polar surface area (TPSA) is 40.5 Å². The van der Waals surface area contributed by atoms with Gasteiger partial charge in [0.25, 0.3) is 0 Å². The predicted octanol–water partition coefficient (Wildman–Crippen LogP) is 4.17. The van der Waals surface area contributed by atoms with Crippen molar-refractivity contribution in [2.75, 3.05) is 0 Å². The van der Waals surface area contributed by atoms with Crippen LogP contribution in [0.4, 0.5) is 0 Å². The van der Waals surface area contributed by atoms with Crippen LogP contribution in [0.5, 0.6) is 5.75 Å². The highest BCUT2D eigenvalue weighted by molar-refractivity contribution is 5.42. The van der Waals surface area contributed by atoms with Crippen LogP contribution in [0.25, 0.3) is 0 Å². The van der Waals surface area contributed by atoms with E-state index in [1.807, 2.05) is 12.1 Å². The maximum Gasteiger partial charge on any atom is 0.115 e. The lowest BCUT2D eigenvalue weighted by Gasteiger charge is -2.51. The Morgan fingerprint density at radius 1 is 1.14 bits per heavy atom. The van der Waals surface area contributed by atoms with Crippen molar-refractivity contribution in [3.8, 4) is 5.75 Å². The van der Waals surface area contributed by atoms with Crippen LogP contribution in [-0.2, 0) is 0 Å². The van der Waals surface area contributed by atoms with Gasteiger partial charge in [0.1, 0.15) is 5.75 Å². The third kappa shape index (κ3) is 1.81. The van der Waals surface area contributed by atoms with Crippen LogP contribution in [-0.4, -0.2) is 16.3 Å². The van der Waals surface area contributed by atoms with E-state index in [-0.39, 0.29) is 11.5 Å². The van der Waals surface area contributed by atoms with Crippen molar-refractivity contribution in [2.45, 2.75) is 63.9 Å². The minimum atomic E-state index is -0.0972. The maximum absolute atomic E-state index is 10.4. The molecule has 1 aromatic carbocycles. The first-order chi connectivity index (χ1) is 10.0. The van der Waals surface area contributed by atoms with Crippen molar-refractivity contribution in [1.82, 2.24) is 0 Å². The normalized spacial score (nSPS) is 44.8. The molecule has 0 aromatic heterocycles. The van der Waals surface area contributed by atoms with E-state index in [2.05, 4.69) is 19.9 Å². The lowest BCUT2D eigenvalue weighted by atomic mass is 9.54. The molecule has 0 amide bonds. The van der Waals surface area contributed by atoms with E-state index in [1.54, 1.807) is 0 Å². The number of aromatic hydroxyl groups is 1. The Morgan fingerprint density at radius 2 is 1.95 bits per heavy atom. The number of benzene rings is 1. The van der Waals surface area contributed by atoms with E-state index in [0.717, 1.165) is 12.8 Å². The third-order valence-electron chi connectivity index (χ3n) is 7.01. The van der Waals surface area contributed by atoms with Crippen molar-refractivity contribution < 1.29 is 10.2 Å². The zero-order valence-corrected chi connectivity index (χ0v) is 13.0. The Balaban J connectivity index is 1.75. The summed E-state index contributed by atoms with van der Waals surface area (Å²) in [5.41, 5.74) is 2.98. The second kappa shape index (κ2) is 4.49. The van der Waals surface area contributed by atoms with E-state index in [9.17, 15) is 10.2 Å². The molecule has 2 heteroatoms. The number of hydrogen-bond acceptors (Lipinski definition) is 2. The highest BCUT2D eigenvalue weighted by atomic mass is 16.3. The molecular weight excluding hydrogens is 260 g/mol. The molecule has 2 saturated carbocycles. The summed E-state index contributed by atoms with van der Waals surface area (Å²) in [7, 11) is 0. The molecule has 3 aliphatic rings. The molecule has 0 saturated heterocycles. The van der Waals surface area contributed by atoms with Gasteiger partial charge in [-0.1, -0.05) is 19.9 Å². The van der Waals surface area contributed by atoms with Crippen molar-refractivity contribution >= 4 is 0 Å². The molecule has 21 heavy (non-hydrogen) atoms. The summed E-state index contributed by atoms with van der Waals surface area (Å²) in [5, 5.41) is 20.2. The molecule has 114 valence electrons. The number of rotatable bonds is 0. The predicted molar refractivity (Wildman–Crippen MR) is 83.4 cm³/mol. The van der Waals surface area contributed by atoms with Gasteiger partial charge in [0.05, 0.1) is 6.10 Å². The minimum Gasteiger partial charge on any atom is -0.508 e. The van der Waals surface area contributed by atoms with Gasteiger partial charge < -0.3 is 10.2 Å². The quantitative estimate of drug-likeness (QED) is 0.751. The zero-order chi connectivity index (χ0) is 14.8. The number of aliphatic hydroxyl groups excluding tert-OH is 1.